The number of nitro groups is 1. The minimum Gasteiger partial charge on any atom is -0.504 e. The molecule has 12 heteroatoms. The van der Waals surface area contributed by atoms with Gasteiger partial charge in [-0.15, -0.1) is 0 Å². The lowest BCUT2D eigenvalue weighted by Gasteiger charge is -2.09. The third-order valence-electron chi connectivity index (χ3n) is 3.23. The normalized spacial score (nSPS) is 11.8. The summed E-state index contributed by atoms with van der Waals surface area (Å²) in [5, 5.41) is 20.9. The van der Waals surface area contributed by atoms with Crippen molar-refractivity contribution >= 4 is 31.2 Å². The predicted molar refractivity (Wildman–Crippen MR) is 91.7 cm³/mol. The van der Waals surface area contributed by atoms with Gasteiger partial charge in [0, 0.05) is 12.1 Å². The van der Waals surface area contributed by atoms with Crippen molar-refractivity contribution in [3.8, 4) is 11.5 Å². The molecule has 0 heterocycles. The van der Waals surface area contributed by atoms with E-state index in [2.05, 4.69) is 0 Å². The van der Waals surface area contributed by atoms with E-state index in [1.54, 1.807) is 0 Å². The molecule has 0 bridgehead atoms. The van der Waals surface area contributed by atoms with Gasteiger partial charge in [-0.05, 0) is 24.3 Å². The Morgan fingerprint density at radius 1 is 1.08 bits per heavy atom. The molecule has 0 saturated carbocycles. The smallest absolute Gasteiger partial charge is 0.294 e. The van der Waals surface area contributed by atoms with Crippen LogP contribution in [-0.2, 0) is 19.9 Å². The van der Waals surface area contributed by atoms with Crippen LogP contribution < -0.4 is 9.46 Å². The number of hydrogen-bond donors (Lipinski definition) is 2. The van der Waals surface area contributed by atoms with E-state index >= 15 is 0 Å². The van der Waals surface area contributed by atoms with Gasteiger partial charge in [-0.25, -0.2) is 16.8 Å². The van der Waals surface area contributed by atoms with E-state index in [0.29, 0.717) is 0 Å². The first-order valence-corrected chi connectivity index (χ1v) is 10.2. The molecule has 0 unspecified atom stereocenters. The zero-order valence-corrected chi connectivity index (χ0v) is 15.2. The number of nitrogens with zero attached hydrogens (tertiary/aromatic N) is 1. The Balaban J connectivity index is 2.58. The van der Waals surface area contributed by atoms with E-state index in [1.807, 2.05) is 4.72 Å². The van der Waals surface area contributed by atoms with Crippen LogP contribution in [0.15, 0.2) is 46.2 Å². The standard InChI is InChI=1S/C14H14N2O8S2/c1-24-14-6-4-10(8-13(14)17)26(22,23)9-3-5-11(15-25(2,20)21)12(7-9)16(18)19/h3-8,15,17H,1-2H3. The fourth-order valence-corrected chi connectivity index (χ4v) is 3.96. The van der Waals surface area contributed by atoms with Crippen LogP contribution >= 0.6 is 0 Å². The number of aromatic hydroxyl groups is 1. The van der Waals surface area contributed by atoms with E-state index < -0.39 is 41.1 Å². The van der Waals surface area contributed by atoms with Gasteiger partial charge >= 0.3 is 0 Å². The topological polar surface area (TPSA) is 153 Å². The van der Waals surface area contributed by atoms with Gasteiger partial charge in [-0.3, -0.25) is 14.8 Å². The molecule has 0 aliphatic heterocycles. The van der Waals surface area contributed by atoms with Crippen LogP contribution in [0.25, 0.3) is 0 Å². The Labute approximate surface area is 149 Å². The van der Waals surface area contributed by atoms with Crippen molar-refractivity contribution < 1.29 is 31.6 Å². The number of ether oxygens (including phenoxy) is 1. The maximum atomic E-state index is 12.6. The first-order chi connectivity index (χ1) is 12.0. The summed E-state index contributed by atoms with van der Waals surface area (Å²) in [7, 11) is -6.71. The number of sulfone groups is 1. The van der Waals surface area contributed by atoms with Gasteiger partial charge in [-0.2, -0.15) is 0 Å². The molecule has 10 nitrogen and oxygen atoms in total. The highest BCUT2D eigenvalue weighted by atomic mass is 32.2. The molecule has 0 fully saturated rings. The second-order valence-electron chi connectivity index (χ2n) is 5.15. The van der Waals surface area contributed by atoms with Crippen molar-refractivity contribution in [1.29, 1.82) is 0 Å². The molecule has 0 amide bonds. The van der Waals surface area contributed by atoms with Crippen molar-refractivity contribution in [3.05, 3.63) is 46.5 Å². The molecule has 0 aliphatic rings. The minimum atomic E-state index is -4.20. The van der Waals surface area contributed by atoms with Gasteiger partial charge in [0.05, 0.1) is 28.1 Å². The predicted octanol–water partition coefficient (Wildman–Crippen LogP) is 1.51. The molecular weight excluding hydrogens is 388 g/mol. The third kappa shape index (κ3) is 4.03. The summed E-state index contributed by atoms with van der Waals surface area (Å²) in [4.78, 5) is 9.53. The van der Waals surface area contributed by atoms with Crippen LogP contribution in [-0.4, -0.2) is 40.2 Å². The zero-order valence-electron chi connectivity index (χ0n) is 13.5. The molecule has 26 heavy (non-hydrogen) atoms. The van der Waals surface area contributed by atoms with E-state index in [1.165, 1.54) is 19.2 Å². The summed E-state index contributed by atoms with van der Waals surface area (Å²) in [5.41, 5.74) is -1.09. The maximum absolute atomic E-state index is 12.6. The number of benzene rings is 2. The Hall–Kier alpha value is -2.86. The van der Waals surface area contributed by atoms with E-state index in [9.17, 15) is 32.1 Å². The van der Waals surface area contributed by atoms with Gasteiger partial charge in [0.15, 0.2) is 11.5 Å². The number of methoxy groups -OCH3 is 1. The molecule has 0 aliphatic carbocycles. The number of nitrogens with one attached hydrogen (secondary N) is 1. The second kappa shape index (κ2) is 6.80. The van der Waals surface area contributed by atoms with Crippen molar-refractivity contribution in [3.63, 3.8) is 0 Å². The minimum absolute atomic E-state index is 0.0580. The highest BCUT2D eigenvalue weighted by Gasteiger charge is 2.25. The van der Waals surface area contributed by atoms with E-state index in [0.717, 1.165) is 30.5 Å². The molecule has 140 valence electrons. The van der Waals surface area contributed by atoms with Crippen LogP contribution in [0.4, 0.5) is 11.4 Å². The average molecular weight is 402 g/mol. The number of phenols is 1. The monoisotopic (exact) mass is 402 g/mol. The molecule has 2 rings (SSSR count). The first-order valence-electron chi connectivity index (χ1n) is 6.84. The summed E-state index contributed by atoms with van der Waals surface area (Å²) in [6.45, 7) is 0. The molecule has 0 atom stereocenters. The number of hydrogen-bond acceptors (Lipinski definition) is 8. The molecule has 0 spiro atoms. The van der Waals surface area contributed by atoms with Gasteiger partial charge in [0.1, 0.15) is 5.69 Å². The number of phenolic OH excluding ortho intramolecular Hbond substituents is 1. The molecule has 0 aromatic heterocycles. The number of rotatable bonds is 6. The first kappa shape index (κ1) is 19.5. The van der Waals surface area contributed by atoms with Crippen LogP contribution in [0, 0.1) is 10.1 Å². The van der Waals surface area contributed by atoms with Gasteiger partial charge in [-0.1, -0.05) is 0 Å². The number of anilines is 1. The average Bonchev–Trinajstić information content (AvgIpc) is 2.53. The lowest BCUT2D eigenvalue weighted by atomic mass is 10.3. The molecule has 2 aromatic carbocycles. The highest BCUT2D eigenvalue weighted by molar-refractivity contribution is 7.92. The van der Waals surface area contributed by atoms with Gasteiger partial charge in [0.25, 0.3) is 5.69 Å². The summed E-state index contributed by atoms with van der Waals surface area (Å²) in [6.07, 6.45) is 0.807. The van der Waals surface area contributed by atoms with Gasteiger partial charge in [0.2, 0.25) is 19.9 Å². The Morgan fingerprint density at radius 2 is 1.65 bits per heavy atom. The molecule has 0 saturated heterocycles. The largest absolute Gasteiger partial charge is 0.504 e. The van der Waals surface area contributed by atoms with Crippen LogP contribution in [0.3, 0.4) is 0 Å². The zero-order chi connectivity index (χ0) is 19.7. The third-order valence-corrected chi connectivity index (χ3v) is 5.57. The van der Waals surface area contributed by atoms with E-state index in [-0.39, 0.29) is 16.3 Å². The van der Waals surface area contributed by atoms with Crippen molar-refractivity contribution in [2.45, 2.75) is 9.79 Å². The second-order valence-corrected chi connectivity index (χ2v) is 8.85. The number of sulfonamides is 1. The van der Waals surface area contributed by atoms with Crippen LogP contribution in [0.5, 0.6) is 11.5 Å². The summed E-state index contributed by atoms with van der Waals surface area (Å²) < 4.78 is 54.6. The lowest BCUT2D eigenvalue weighted by Crippen LogP contribution is -2.12. The summed E-state index contributed by atoms with van der Waals surface area (Å²) >= 11 is 0. The lowest BCUT2D eigenvalue weighted by molar-refractivity contribution is -0.384. The van der Waals surface area contributed by atoms with Crippen molar-refractivity contribution in [2.75, 3.05) is 18.1 Å². The highest BCUT2D eigenvalue weighted by Crippen LogP contribution is 2.34. The number of nitro benzene ring substituents is 1. The Kier molecular flexibility index (Phi) is 5.09. The fourth-order valence-electron chi connectivity index (χ4n) is 2.09. The maximum Gasteiger partial charge on any atom is 0.294 e. The molecule has 2 aromatic rings. The molecular formula is C14H14N2O8S2. The van der Waals surface area contributed by atoms with Crippen molar-refractivity contribution in [1.82, 2.24) is 0 Å². The quantitative estimate of drug-likeness (QED) is 0.544. The summed E-state index contributed by atoms with van der Waals surface area (Å²) in [5.74, 6) is -0.360. The SMILES string of the molecule is COc1ccc(S(=O)(=O)c2ccc(NS(C)(=O)=O)c([N+](=O)[O-])c2)cc1O. The van der Waals surface area contributed by atoms with Crippen LogP contribution in [0.2, 0.25) is 0 Å². The van der Waals surface area contributed by atoms with Gasteiger partial charge < -0.3 is 9.84 Å². The Morgan fingerprint density at radius 3 is 2.15 bits per heavy atom. The van der Waals surface area contributed by atoms with Crippen molar-refractivity contribution in [2.24, 2.45) is 0 Å². The molecule has 0 radical (unpaired) electrons. The summed E-state index contributed by atoms with van der Waals surface area (Å²) in [6, 6.07) is 6.10. The van der Waals surface area contributed by atoms with Crippen LogP contribution in [0.1, 0.15) is 0 Å². The Bertz CT molecular complexity index is 1080. The fraction of sp³-hybridized carbons (Fsp3) is 0.143. The van der Waals surface area contributed by atoms with E-state index in [4.69, 9.17) is 4.74 Å². The molecule has 2 N–H and O–H groups in total.